The number of para-hydroxylation sites is 1. The molecule has 0 atom stereocenters. The summed E-state index contributed by atoms with van der Waals surface area (Å²) in [4.78, 5) is 21.9. The number of hydrogen-bond acceptors (Lipinski definition) is 6. The van der Waals surface area contributed by atoms with Gasteiger partial charge in [-0.1, -0.05) is 42.2 Å². The zero-order valence-corrected chi connectivity index (χ0v) is 18.7. The van der Waals surface area contributed by atoms with Gasteiger partial charge in [0.05, 0.1) is 28.2 Å². The van der Waals surface area contributed by atoms with E-state index >= 15 is 0 Å². The number of amides is 1. The Balaban J connectivity index is 1.59. The van der Waals surface area contributed by atoms with Crippen LogP contribution in [0.5, 0.6) is 0 Å². The predicted molar refractivity (Wildman–Crippen MR) is 130 cm³/mol. The Hall–Kier alpha value is -2.97. The van der Waals surface area contributed by atoms with Crippen molar-refractivity contribution in [1.29, 1.82) is 0 Å². The van der Waals surface area contributed by atoms with Crippen LogP contribution in [0.2, 0.25) is 0 Å². The number of benzene rings is 1. The molecule has 5 rings (SSSR count). The maximum atomic E-state index is 13.2. The lowest BCUT2D eigenvalue weighted by Crippen LogP contribution is -2.27. The maximum Gasteiger partial charge on any atom is 0.270 e. The first-order chi connectivity index (χ1) is 15.1. The van der Waals surface area contributed by atoms with Gasteiger partial charge in [0.15, 0.2) is 4.32 Å². The van der Waals surface area contributed by atoms with Gasteiger partial charge >= 0.3 is 0 Å². The van der Waals surface area contributed by atoms with Gasteiger partial charge in [0.25, 0.3) is 5.91 Å². The highest BCUT2D eigenvalue weighted by atomic mass is 32.2. The third-order valence-corrected chi connectivity index (χ3v) is 6.76. The first-order valence-corrected chi connectivity index (χ1v) is 11.4. The number of pyridine rings is 1. The van der Waals surface area contributed by atoms with E-state index < -0.39 is 0 Å². The van der Waals surface area contributed by atoms with E-state index in [9.17, 15) is 4.79 Å². The average Bonchev–Trinajstić information content (AvgIpc) is 3.49. The molecular formula is C23H21N5OS2. The quantitative estimate of drug-likeness (QED) is 0.431. The van der Waals surface area contributed by atoms with Crippen LogP contribution < -0.4 is 9.80 Å². The normalized spacial score (nSPS) is 17.9. The van der Waals surface area contributed by atoms with Crippen molar-refractivity contribution in [1.82, 2.24) is 14.8 Å². The predicted octanol–water partition coefficient (Wildman–Crippen LogP) is 4.58. The molecule has 2 fully saturated rings. The number of rotatable bonds is 4. The molecule has 0 spiro atoms. The van der Waals surface area contributed by atoms with E-state index in [4.69, 9.17) is 17.3 Å². The minimum atomic E-state index is -0.123. The van der Waals surface area contributed by atoms with Crippen LogP contribution in [0.3, 0.4) is 0 Å². The molecule has 4 heterocycles. The molecule has 0 radical (unpaired) electrons. The highest BCUT2D eigenvalue weighted by Gasteiger charge is 2.34. The van der Waals surface area contributed by atoms with Crippen LogP contribution >= 0.6 is 24.0 Å². The molecule has 0 N–H and O–H groups in total. The van der Waals surface area contributed by atoms with Gasteiger partial charge in [-0.3, -0.25) is 14.7 Å². The number of carbonyl (C=O) groups excluding carboxylic acids is 1. The fraction of sp³-hybridized carbons (Fsp3) is 0.217. The van der Waals surface area contributed by atoms with Crippen LogP contribution in [0, 0.1) is 6.92 Å². The molecule has 2 aliphatic rings. The molecule has 0 unspecified atom stereocenters. The second-order valence-corrected chi connectivity index (χ2v) is 9.17. The number of carbonyl (C=O) groups is 1. The minimum absolute atomic E-state index is 0.123. The maximum absolute atomic E-state index is 13.2. The number of nitrogens with zero attached hydrogens (tertiary/aromatic N) is 5. The summed E-state index contributed by atoms with van der Waals surface area (Å²) in [5.74, 6) is 0.912. The van der Waals surface area contributed by atoms with Gasteiger partial charge in [-0.15, -0.1) is 0 Å². The molecular weight excluding hydrogens is 426 g/mol. The van der Waals surface area contributed by atoms with Gasteiger partial charge in [0, 0.05) is 24.8 Å². The Labute approximate surface area is 190 Å². The second-order valence-electron chi connectivity index (χ2n) is 7.49. The smallest absolute Gasteiger partial charge is 0.270 e. The van der Waals surface area contributed by atoms with E-state index in [1.165, 1.54) is 11.8 Å². The molecule has 31 heavy (non-hydrogen) atoms. The number of aryl methyl sites for hydroxylation is 1. The fourth-order valence-corrected chi connectivity index (χ4v) is 5.27. The largest absolute Gasteiger partial charge is 0.356 e. The Kier molecular flexibility index (Phi) is 5.33. The molecule has 2 aromatic heterocycles. The summed E-state index contributed by atoms with van der Waals surface area (Å²) in [7, 11) is 0. The van der Waals surface area contributed by atoms with E-state index in [0.717, 1.165) is 48.7 Å². The standard InChI is InChI=1S/C23H21N5OS2/c1-16-19(14-20-22(29)27(23(30)31-20)18-10-7-11-24-15-18)21(26-12-5-6-13-26)28(25-16)17-8-3-2-4-9-17/h2-4,7-11,14-15H,5-6,12-13H2,1H3. The van der Waals surface area contributed by atoms with Crippen LogP contribution in [0.15, 0.2) is 59.8 Å². The molecule has 8 heteroatoms. The third kappa shape index (κ3) is 3.66. The van der Waals surface area contributed by atoms with Gasteiger partial charge in [0.2, 0.25) is 0 Å². The molecule has 156 valence electrons. The van der Waals surface area contributed by atoms with Crippen molar-refractivity contribution >= 4 is 51.8 Å². The van der Waals surface area contributed by atoms with Gasteiger partial charge in [-0.05, 0) is 50.1 Å². The van der Waals surface area contributed by atoms with Crippen LogP contribution in [0.25, 0.3) is 11.8 Å². The van der Waals surface area contributed by atoms with Crippen molar-refractivity contribution in [3.05, 3.63) is 71.0 Å². The van der Waals surface area contributed by atoms with Crippen molar-refractivity contribution in [2.45, 2.75) is 19.8 Å². The molecule has 0 aliphatic carbocycles. The molecule has 6 nitrogen and oxygen atoms in total. The highest BCUT2D eigenvalue weighted by Crippen LogP contribution is 2.38. The number of thioether (sulfide) groups is 1. The molecule has 1 aromatic carbocycles. The third-order valence-electron chi connectivity index (χ3n) is 5.46. The number of aromatic nitrogens is 3. The molecule has 0 bridgehead atoms. The van der Waals surface area contributed by atoms with Crippen molar-refractivity contribution in [2.75, 3.05) is 22.9 Å². The summed E-state index contributed by atoms with van der Waals surface area (Å²) >= 11 is 6.84. The van der Waals surface area contributed by atoms with Crippen LogP contribution in [0.1, 0.15) is 24.1 Å². The summed E-state index contributed by atoms with van der Waals surface area (Å²) in [5.41, 5.74) is 3.55. The van der Waals surface area contributed by atoms with Crippen molar-refractivity contribution < 1.29 is 4.79 Å². The SMILES string of the molecule is Cc1nn(-c2ccccc2)c(N2CCCC2)c1C=C1SC(=S)N(c2cccnc2)C1=O. The average molecular weight is 448 g/mol. The highest BCUT2D eigenvalue weighted by molar-refractivity contribution is 8.27. The summed E-state index contributed by atoms with van der Waals surface area (Å²) in [5, 5.41) is 4.84. The van der Waals surface area contributed by atoms with E-state index in [1.54, 1.807) is 23.4 Å². The van der Waals surface area contributed by atoms with E-state index in [0.29, 0.717) is 14.9 Å². The monoisotopic (exact) mass is 447 g/mol. The number of thiocarbonyl (C=S) groups is 1. The number of anilines is 2. The summed E-state index contributed by atoms with van der Waals surface area (Å²) in [6.07, 6.45) is 7.59. The molecule has 3 aromatic rings. The first-order valence-electron chi connectivity index (χ1n) is 10.2. The van der Waals surface area contributed by atoms with Crippen molar-refractivity contribution in [3.8, 4) is 5.69 Å². The Morgan fingerprint density at radius 2 is 1.81 bits per heavy atom. The zero-order chi connectivity index (χ0) is 21.4. The summed E-state index contributed by atoms with van der Waals surface area (Å²) < 4.78 is 2.51. The van der Waals surface area contributed by atoms with Gasteiger partial charge in [-0.2, -0.15) is 5.10 Å². The Morgan fingerprint density at radius 3 is 2.52 bits per heavy atom. The van der Waals surface area contributed by atoms with Crippen LogP contribution in [-0.2, 0) is 4.79 Å². The lowest BCUT2D eigenvalue weighted by atomic mass is 10.2. The molecule has 1 amide bonds. The summed E-state index contributed by atoms with van der Waals surface area (Å²) in [6, 6.07) is 13.8. The minimum Gasteiger partial charge on any atom is -0.356 e. The van der Waals surface area contributed by atoms with E-state index in [-0.39, 0.29) is 5.91 Å². The van der Waals surface area contributed by atoms with Gasteiger partial charge in [0.1, 0.15) is 5.82 Å². The topological polar surface area (TPSA) is 54.3 Å². The Bertz CT molecular complexity index is 1170. The lowest BCUT2D eigenvalue weighted by Gasteiger charge is -2.20. The number of hydrogen-bond donors (Lipinski definition) is 0. The molecule has 0 saturated carbocycles. The van der Waals surface area contributed by atoms with E-state index in [2.05, 4.69) is 22.0 Å². The second kappa shape index (κ2) is 8.28. The lowest BCUT2D eigenvalue weighted by molar-refractivity contribution is -0.113. The van der Waals surface area contributed by atoms with Gasteiger partial charge < -0.3 is 4.90 Å². The molecule has 2 aliphatic heterocycles. The van der Waals surface area contributed by atoms with Crippen LogP contribution in [0.4, 0.5) is 11.5 Å². The zero-order valence-electron chi connectivity index (χ0n) is 17.1. The molecule has 2 saturated heterocycles. The van der Waals surface area contributed by atoms with Crippen molar-refractivity contribution in [2.24, 2.45) is 0 Å². The fourth-order valence-electron chi connectivity index (χ4n) is 3.99. The van der Waals surface area contributed by atoms with Crippen molar-refractivity contribution in [3.63, 3.8) is 0 Å². The van der Waals surface area contributed by atoms with Crippen LogP contribution in [-0.4, -0.2) is 38.1 Å². The Morgan fingerprint density at radius 1 is 1.06 bits per heavy atom. The van der Waals surface area contributed by atoms with Gasteiger partial charge in [-0.25, -0.2) is 4.68 Å². The van der Waals surface area contributed by atoms with E-state index in [1.807, 2.05) is 41.9 Å². The summed E-state index contributed by atoms with van der Waals surface area (Å²) in [6.45, 7) is 3.96. The first kappa shape index (κ1) is 20.0.